The van der Waals surface area contributed by atoms with Crippen LogP contribution >= 0.6 is 0 Å². The molecule has 4 bridgehead atoms. The predicted molar refractivity (Wildman–Crippen MR) is 81.8 cm³/mol. The van der Waals surface area contributed by atoms with E-state index in [2.05, 4.69) is 36.1 Å². The fourth-order valence-electron chi connectivity index (χ4n) is 5.78. The van der Waals surface area contributed by atoms with Gasteiger partial charge in [-0.05, 0) is 62.5 Å². The Bertz CT molecular complexity index is 767. The molecule has 0 saturated heterocycles. The number of hydrogen-bond donors (Lipinski definition) is 2. The Morgan fingerprint density at radius 1 is 1.29 bits per heavy atom. The molecule has 4 atom stereocenters. The Morgan fingerprint density at radius 3 is 2.71 bits per heavy atom. The van der Waals surface area contributed by atoms with E-state index in [-0.39, 0.29) is 17.0 Å². The van der Waals surface area contributed by atoms with E-state index in [4.69, 9.17) is 0 Å². The number of aromatic amines is 1. The van der Waals surface area contributed by atoms with Gasteiger partial charge < -0.3 is 5.32 Å². The Hall–Kier alpha value is -2.32. The summed E-state index contributed by atoms with van der Waals surface area (Å²) in [7, 11) is 0. The molecule has 0 aliphatic heterocycles. The summed E-state index contributed by atoms with van der Waals surface area (Å²) in [5.41, 5.74) is 0.718. The molecule has 2 heterocycles. The summed E-state index contributed by atoms with van der Waals surface area (Å²) in [6, 6.07) is 0. The smallest absolute Gasteiger partial charge is 0.274 e. The summed E-state index contributed by atoms with van der Waals surface area (Å²) in [5.74, 6) is 1.08. The largest absolute Gasteiger partial charge is 0.345 e. The van der Waals surface area contributed by atoms with Gasteiger partial charge in [0.1, 0.15) is 0 Å². The number of hydrogen-bond acceptors (Lipinski definition) is 6. The second-order valence-electron chi connectivity index (χ2n) is 7.90. The number of carbonyl (C=O) groups is 1. The minimum absolute atomic E-state index is 0.104. The maximum Gasteiger partial charge on any atom is 0.274 e. The minimum Gasteiger partial charge on any atom is -0.345 e. The van der Waals surface area contributed by atoms with Crippen LogP contribution in [0.2, 0.25) is 0 Å². The summed E-state index contributed by atoms with van der Waals surface area (Å²) < 4.78 is 0. The molecule has 2 aromatic rings. The number of nitrogens with one attached hydrogen (secondary N) is 2. The van der Waals surface area contributed by atoms with Crippen LogP contribution in [0.5, 0.6) is 0 Å². The van der Waals surface area contributed by atoms with E-state index in [1.54, 1.807) is 11.7 Å². The normalized spacial score (nSPS) is 36.9. The highest BCUT2D eigenvalue weighted by Crippen LogP contribution is 2.60. The number of amides is 1. The van der Waals surface area contributed by atoms with Gasteiger partial charge in [-0.15, -0.1) is 10.2 Å². The van der Waals surface area contributed by atoms with Crippen molar-refractivity contribution in [1.82, 2.24) is 40.9 Å². The number of carbonyl (C=O) groups excluding carboxylic acids is 1. The molecular formula is C15H20N8O. The van der Waals surface area contributed by atoms with Gasteiger partial charge in [0, 0.05) is 5.54 Å². The maximum atomic E-state index is 12.7. The van der Waals surface area contributed by atoms with Crippen molar-refractivity contribution >= 4 is 5.91 Å². The predicted octanol–water partition coefficient (Wildman–Crippen LogP) is 0.578. The molecule has 24 heavy (non-hydrogen) atoms. The van der Waals surface area contributed by atoms with Crippen LogP contribution in [0.25, 0.3) is 0 Å². The lowest BCUT2D eigenvalue weighted by Crippen LogP contribution is -2.66. The molecule has 4 fully saturated rings. The van der Waals surface area contributed by atoms with Crippen LogP contribution in [-0.4, -0.2) is 47.1 Å². The van der Waals surface area contributed by atoms with Crippen molar-refractivity contribution in [3.8, 4) is 0 Å². The van der Waals surface area contributed by atoms with E-state index in [0.717, 1.165) is 32.1 Å². The Kier molecular flexibility index (Phi) is 2.70. The average molecular weight is 328 g/mol. The number of H-pyrrole nitrogens is 1. The van der Waals surface area contributed by atoms with Crippen molar-refractivity contribution in [1.29, 1.82) is 0 Å². The maximum absolute atomic E-state index is 12.7. The lowest BCUT2D eigenvalue weighted by molar-refractivity contribution is -0.0811. The highest BCUT2D eigenvalue weighted by Gasteiger charge is 2.60. The summed E-state index contributed by atoms with van der Waals surface area (Å²) >= 11 is 0. The lowest BCUT2D eigenvalue weighted by atomic mass is 9.50. The van der Waals surface area contributed by atoms with Gasteiger partial charge in [0.2, 0.25) is 0 Å². The molecule has 4 aliphatic carbocycles. The van der Waals surface area contributed by atoms with Crippen LogP contribution in [0, 0.1) is 18.8 Å². The zero-order valence-electron chi connectivity index (χ0n) is 13.6. The van der Waals surface area contributed by atoms with Gasteiger partial charge in [0.15, 0.2) is 12.0 Å². The third kappa shape index (κ3) is 1.93. The standard InChI is InChI=1S/C15H20N8O/c1-9-12(20-21-19-9)13(24)18-14-3-10-2-11(4-14)6-15(5-10,7-14)23-17-8-16-22-23/h8,10-11H,2-7H2,1H3,(H,18,24)(H,19,20,21)/t10-,11+,14?,15?. The molecule has 6 rings (SSSR count). The van der Waals surface area contributed by atoms with Gasteiger partial charge in [0.05, 0.1) is 11.2 Å². The summed E-state index contributed by atoms with van der Waals surface area (Å²) in [5, 5.41) is 26.2. The van der Waals surface area contributed by atoms with Crippen molar-refractivity contribution in [3.63, 3.8) is 0 Å². The van der Waals surface area contributed by atoms with E-state index in [0.29, 0.717) is 23.2 Å². The van der Waals surface area contributed by atoms with Crippen LogP contribution in [0.1, 0.15) is 54.7 Å². The topological polar surface area (TPSA) is 114 Å². The average Bonchev–Trinajstić information content (AvgIpc) is 3.16. The number of aromatic nitrogens is 7. The van der Waals surface area contributed by atoms with Gasteiger partial charge >= 0.3 is 0 Å². The Balaban J connectivity index is 1.48. The monoisotopic (exact) mass is 328 g/mol. The van der Waals surface area contributed by atoms with Gasteiger partial charge in [-0.2, -0.15) is 20.2 Å². The van der Waals surface area contributed by atoms with Crippen LogP contribution < -0.4 is 5.32 Å². The molecule has 0 radical (unpaired) electrons. The van der Waals surface area contributed by atoms with Gasteiger partial charge in [-0.1, -0.05) is 0 Å². The van der Waals surface area contributed by atoms with Gasteiger partial charge in [-0.3, -0.25) is 4.79 Å². The molecule has 9 heteroatoms. The van der Waals surface area contributed by atoms with Crippen molar-refractivity contribution in [2.24, 2.45) is 11.8 Å². The molecular weight excluding hydrogens is 308 g/mol. The third-order valence-electron chi connectivity index (χ3n) is 6.12. The number of aryl methyl sites for hydroxylation is 1. The quantitative estimate of drug-likeness (QED) is 0.851. The fraction of sp³-hybridized carbons (Fsp3) is 0.733. The molecule has 0 spiro atoms. The number of rotatable bonds is 3. The first-order valence-electron chi connectivity index (χ1n) is 8.51. The van der Waals surface area contributed by atoms with Crippen molar-refractivity contribution < 1.29 is 4.79 Å². The van der Waals surface area contributed by atoms with Crippen molar-refractivity contribution in [2.45, 2.75) is 56.5 Å². The molecule has 9 nitrogen and oxygen atoms in total. The first-order valence-corrected chi connectivity index (χ1v) is 8.51. The summed E-state index contributed by atoms with van der Waals surface area (Å²) in [6.07, 6.45) is 7.84. The van der Waals surface area contributed by atoms with Crippen LogP contribution in [0.4, 0.5) is 0 Å². The van der Waals surface area contributed by atoms with Crippen LogP contribution in [-0.2, 0) is 5.54 Å². The Labute approximate surface area is 138 Å². The van der Waals surface area contributed by atoms with Crippen molar-refractivity contribution in [2.75, 3.05) is 0 Å². The number of tetrazole rings is 1. The molecule has 2 unspecified atom stereocenters. The highest BCUT2D eigenvalue weighted by atomic mass is 16.2. The van der Waals surface area contributed by atoms with E-state index >= 15 is 0 Å². The lowest BCUT2D eigenvalue weighted by Gasteiger charge is -2.61. The van der Waals surface area contributed by atoms with E-state index in [1.165, 1.54) is 12.7 Å². The van der Waals surface area contributed by atoms with E-state index < -0.39 is 0 Å². The summed E-state index contributed by atoms with van der Waals surface area (Å²) in [6.45, 7) is 1.79. The fourth-order valence-corrected chi connectivity index (χ4v) is 5.78. The second kappa shape index (κ2) is 4.61. The first kappa shape index (κ1) is 14.1. The van der Waals surface area contributed by atoms with E-state index in [1.807, 2.05) is 0 Å². The van der Waals surface area contributed by atoms with Gasteiger partial charge in [-0.25, -0.2) is 0 Å². The Morgan fingerprint density at radius 2 is 2.08 bits per heavy atom. The molecule has 4 saturated carbocycles. The van der Waals surface area contributed by atoms with Crippen molar-refractivity contribution in [3.05, 3.63) is 17.7 Å². The summed E-state index contributed by atoms with van der Waals surface area (Å²) in [4.78, 5) is 14.5. The highest BCUT2D eigenvalue weighted by molar-refractivity contribution is 5.93. The molecule has 4 aliphatic rings. The molecule has 126 valence electrons. The molecule has 2 aromatic heterocycles. The molecule has 1 amide bonds. The van der Waals surface area contributed by atoms with Crippen LogP contribution in [0.3, 0.4) is 0 Å². The van der Waals surface area contributed by atoms with E-state index in [9.17, 15) is 4.79 Å². The second-order valence-corrected chi connectivity index (χ2v) is 7.90. The van der Waals surface area contributed by atoms with Gasteiger partial charge in [0.25, 0.3) is 5.91 Å². The SMILES string of the molecule is Cc1n[nH]nc1C(=O)NC12C[C@H]3C[C@@H](C1)CC(n1ncnn1)(C3)C2. The molecule has 2 N–H and O–H groups in total. The minimum atomic E-state index is -0.194. The van der Waals surface area contributed by atoms with Crippen LogP contribution in [0.15, 0.2) is 6.33 Å². The first-order chi connectivity index (χ1) is 11.6. The third-order valence-corrected chi connectivity index (χ3v) is 6.12. The molecule has 0 aromatic carbocycles. The zero-order valence-corrected chi connectivity index (χ0v) is 13.6. The zero-order chi connectivity index (χ0) is 16.4. The number of nitrogens with zero attached hydrogens (tertiary/aromatic N) is 6.